The van der Waals surface area contributed by atoms with E-state index in [4.69, 9.17) is 0 Å². The fourth-order valence-corrected chi connectivity index (χ4v) is 13.7. The molecule has 6 rings (SSSR count). The third-order valence-electron chi connectivity index (χ3n) is 10.3. The second-order valence-corrected chi connectivity index (χ2v) is 20.1. The molecule has 0 fully saturated rings. The predicted molar refractivity (Wildman–Crippen MR) is 234 cm³/mol. The van der Waals surface area contributed by atoms with Crippen molar-refractivity contribution in [2.45, 2.75) is 92.8 Å². The van der Waals surface area contributed by atoms with Crippen molar-refractivity contribution in [1.29, 1.82) is 0 Å². The molecule has 0 amide bonds. The SMILES string of the molecule is [CH3][Sb][c]1c(-c2c(C)cc(C)cc2C)cccc1-c1c(C)cc(C)cc1C.[CH3][Sb][c]1c(-c2c(C)cc(C)cc2C)cccc1-c1c(C)cc(C)cc1C. The molecule has 52 heavy (non-hydrogen) atoms. The molecule has 0 aliphatic rings. The Bertz CT molecular complexity index is 1880. The van der Waals surface area contributed by atoms with Crippen LogP contribution in [0.3, 0.4) is 0 Å². The second kappa shape index (κ2) is 17.0. The number of hydrogen-bond acceptors (Lipinski definition) is 0. The Hall–Kier alpha value is -3.04. The molecule has 0 unspecified atom stereocenters. The zero-order valence-electron chi connectivity index (χ0n) is 34.0. The average molecular weight is 901 g/mol. The number of hydrogen-bond donors (Lipinski definition) is 0. The van der Waals surface area contributed by atoms with E-state index in [-0.39, 0.29) is 0 Å². The molecule has 0 N–H and O–H groups in total. The first-order valence-corrected chi connectivity index (χ1v) is 26.1. The molecule has 6 aromatic carbocycles. The normalized spacial score (nSPS) is 11.0. The van der Waals surface area contributed by atoms with Crippen LogP contribution >= 0.6 is 0 Å². The van der Waals surface area contributed by atoms with E-state index in [1.807, 2.05) is 0 Å². The quantitative estimate of drug-likeness (QED) is 0.146. The summed E-state index contributed by atoms with van der Waals surface area (Å²) in [5, 5.41) is 0. The molecule has 0 atom stereocenters. The van der Waals surface area contributed by atoms with E-state index in [2.05, 4.69) is 178 Å². The summed E-state index contributed by atoms with van der Waals surface area (Å²) in [6, 6.07) is 32.4. The Morgan fingerprint density at radius 2 is 0.462 bits per heavy atom. The molecule has 0 heterocycles. The summed E-state index contributed by atoms with van der Waals surface area (Å²) < 4.78 is 3.21. The van der Waals surface area contributed by atoms with Crippen molar-refractivity contribution in [2.75, 3.05) is 0 Å². The third kappa shape index (κ3) is 8.35. The molecule has 0 aliphatic heterocycles. The second-order valence-electron chi connectivity index (χ2n) is 14.9. The van der Waals surface area contributed by atoms with Gasteiger partial charge in [0.1, 0.15) is 0 Å². The Balaban J connectivity index is 0.000000201. The maximum atomic E-state index is 2.43. The summed E-state index contributed by atoms with van der Waals surface area (Å²) in [5.41, 5.74) is 28.1. The number of aryl methyl sites for hydroxylation is 12. The van der Waals surface area contributed by atoms with Gasteiger partial charge in [0.25, 0.3) is 0 Å². The molecule has 2 radical (unpaired) electrons. The van der Waals surface area contributed by atoms with Crippen LogP contribution in [0.15, 0.2) is 84.9 Å². The van der Waals surface area contributed by atoms with Crippen molar-refractivity contribution in [3.05, 3.63) is 152 Å². The van der Waals surface area contributed by atoms with Crippen LogP contribution in [0.1, 0.15) is 66.8 Å². The van der Waals surface area contributed by atoms with Gasteiger partial charge in [-0.25, -0.2) is 0 Å². The molecule has 0 spiro atoms. The van der Waals surface area contributed by atoms with E-state index >= 15 is 0 Å². The topological polar surface area (TPSA) is 0 Å². The Kier molecular flexibility index (Phi) is 13.1. The van der Waals surface area contributed by atoms with Crippen molar-refractivity contribution < 1.29 is 0 Å². The standard InChI is InChI=1S/2C24H25.2CH3.2Sb/c2*1-15-10-17(3)23(18(4)11-15)21-8-7-9-22(14-21)24-19(5)12-16(2)13-20(24)6;;;;/h2*7-13H,1-6H3;2*1H3;;. The average Bonchev–Trinajstić information content (AvgIpc) is 3.03. The van der Waals surface area contributed by atoms with E-state index in [1.165, 1.54) is 111 Å². The van der Waals surface area contributed by atoms with Crippen LogP contribution in [0, 0.1) is 83.1 Å². The van der Waals surface area contributed by atoms with Crippen molar-refractivity contribution in [3.8, 4) is 44.5 Å². The van der Waals surface area contributed by atoms with Crippen LogP contribution in [-0.2, 0) is 0 Å². The summed E-state index contributed by atoms with van der Waals surface area (Å²) in [7, 11) is 0. The molecule has 0 nitrogen and oxygen atoms in total. The van der Waals surface area contributed by atoms with Gasteiger partial charge >= 0.3 is 339 Å². The van der Waals surface area contributed by atoms with Crippen LogP contribution in [0.25, 0.3) is 44.5 Å². The summed E-state index contributed by atoms with van der Waals surface area (Å²) in [6.07, 6.45) is 0. The van der Waals surface area contributed by atoms with Crippen LogP contribution in [0.2, 0.25) is 9.74 Å². The van der Waals surface area contributed by atoms with Crippen molar-refractivity contribution in [1.82, 2.24) is 0 Å². The van der Waals surface area contributed by atoms with Gasteiger partial charge in [-0.1, -0.05) is 0 Å². The van der Waals surface area contributed by atoms with E-state index < -0.39 is 43.2 Å². The Morgan fingerprint density at radius 1 is 0.288 bits per heavy atom. The fraction of sp³-hybridized carbons (Fsp3) is 0.280. The van der Waals surface area contributed by atoms with Crippen LogP contribution in [0.5, 0.6) is 0 Å². The molecule has 0 saturated heterocycles. The first kappa shape index (κ1) is 40.1. The summed E-state index contributed by atoms with van der Waals surface area (Å²) in [5.74, 6) is 0. The minimum atomic E-state index is -0.447. The monoisotopic (exact) mass is 898 g/mol. The molecule has 0 saturated carbocycles. The molecule has 0 aliphatic carbocycles. The van der Waals surface area contributed by atoms with Gasteiger partial charge in [0.15, 0.2) is 0 Å². The van der Waals surface area contributed by atoms with Gasteiger partial charge in [-0.3, -0.25) is 0 Å². The van der Waals surface area contributed by atoms with Crippen LogP contribution in [-0.4, -0.2) is 43.2 Å². The minimum absolute atomic E-state index is 0.447. The molecule has 6 aromatic rings. The number of benzene rings is 6. The van der Waals surface area contributed by atoms with Crippen LogP contribution < -0.4 is 7.02 Å². The summed E-state index contributed by atoms with van der Waals surface area (Å²) in [4.78, 5) is 4.86. The summed E-state index contributed by atoms with van der Waals surface area (Å²) in [6.45, 7) is 26.8. The van der Waals surface area contributed by atoms with Gasteiger partial charge in [0, 0.05) is 0 Å². The first-order chi connectivity index (χ1) is 24.7. The van der Waals surface area contributed by atoms with Gasteiger partial charge in [-0.15, -0.1) is 0 Å². The van der Waals surface area contributed by atoms with E-state index in [0.717, 1.165) is 0 Å². The molecule has 0 bridgehead atoms. The van der Waals surface area contributed by atoms with Gasteiger partial charge in [-0.05, 0) is 0 Å². The Morgan fingerprint density at radius 3 is 0.615 bits per heavy atom. The maximum absolute atomic E-state index is 2.43. The predicted octanol–water partition coefficient (Wildman–Crippen LogP) is 12.5. The van der Waals surface area contributed by atoms with Crippen molar-refractivity contribution >= 4 is 50.3 Å². The Labute approximate surface area is 336 Å². The van der Waals surface area contributed by atoms with E-state index in [0.29, 0.717) is 0 Å². The molecule has 0 aromatic heterocycles. The third-order valence-corrected chi connectivity index (χ3v) is 15.6. The molecule has 266 valence electrons. The zero-order valence-corrected chi connectivity index (χ0v) is 39.1. The van der Waals surface area contributed by atoms with Gasteiger partial charge in [-0.2, -0.15) is 0 Å². The van der Waals surface area contributed by atoms with E-state index in [1.54, 1.807) is 7.02 Å². The zero-order chi connectivity index (χ0) is 38.0. The molecular weight excluding hydrogens is 844 g/mol. The fourth-order valence-electron chi connectivity index (χ4n) is 8.80. The first-order valence-electron chi connectivity index (χ1n) is 18.4. The van der Waals surface area contributed by atoms with Gasteiger partial charge in [0.2, 0.25) is 0 Å². The van der Waals surface area contributed by atoms with Crippen molar-refractivity contribution in [2.24, 2.45) is 0 Å². The van der Waals surface area contributed by atoms with Gasteiger partial charge in [0.05, 0.1) is 0 Å². The van der Waals surface area contributed by atoms with Gasteiger partial charge < -0.3 is 0 Å². The molecule has 2 heteroatoms. The van der Waals surface area contributed by atoms with E-state index in [9.17, 15) is 0 Å². The number of rotatable bonds is 6. The summed E-state index contributed by atoms with van der Waals surface area (Å²) >= 11 is -0.894. The molecular formula is C50H56Sb2. The van der Waals surface area contributed by atoms with Crippen molar-refractivity contribution in [3.63, 3.8) is 0 Å². The van der Waals surface area contributed by atoms with Crippen LogP contribution in [0.4, 0.5) is 0 Å².